The van der Waals surface area contributed by atoms with Crippen LogP contribution in [-0.4, -0.2) is 30.3 Å². The maximum absolute atomic E-state index is 13.4. The molecule has 3 aliphatic rings. The highest BCUT2D eigenvalue weighted by molar-refractivity contribution is 9.10. The van der Waals surface area contributed by atoms with E-state index in [1.807, 2.05) is 0 Å². The summed E-state index contributed by atoms with van der Waals surface area (Å²) in [6.45, 7) is 3.37. The van der Waals surface area contributed by atoms with Gasteiger partial charge in [0.2, 0.25) is 0 Å². The van der Waals surface area contributed by atoms with Crippen molar-refractivity contribution in [3.8, 4) is 0 Å². The van der Waals surface area contributed by atoms with Crippen LogP contribution in [0.5, 0.6) is 0 Å². The van der Waals surface area contributed by atoms with Crippen molar-refractivity contribution < 1.29 is 13.6 Å². The van der Waals surface area contributed by atoms with E-state index in [2.05, 4.69) is 20.8 Å². The zero-order valence-electron chi connectivity index (χ0n) is 12.1. The standard InChI is InChI=1S/C17H17BrFNO2/c18-14-8-13(19)5-11-7-16(22-17(11)14)15(21)6-12-9-20-3-1-10(12)2-4-20/h5,7-8,10,12H,1-4,6,9H2/t12-/m0/s1. The molecule has 4 heterocycles. The molecule has 0 aliphatic carbocycles. The summed E-state index contributed by atoms with van der Waals surface area (Å²) < 4.78 is 19.6. The third kappa shape index (κ3) is 2.50. The topological polar surface area (TPSA) is 33.5 Å². The van der Waals surface area contributed by atoms with E-state index in [1.54, 1.807) is 6.07 Å². The van der Waals surface area contributed by atoms with Crippen molar-refractivity contribution in [3.05, 3.63) is 34.2 Å². The largest absolute Gasteiger partial charge is 0.452 e. The highest BCUT2D eigenvalue weighted by Crippen LogP contribution is 2.36. The Morgan fingerprint density at radius 2 is 2.09 bits per heavy atom. The summed E-state index contributed by atoms with van der Waals surface area (Å²) >= 11 is 3.28. The van der Waals surface area contributed by atoms with E-state index in [4.69, 9.17) is 4.42 Å². The van der Waals surface area contributed by atoms with Crippen LogP contribution in [-0.2, 0) is 0 Å². The van der Waals surface area contributed by atoms with E-state index in [0.717, 1.165) is 6.54 Å². The minimum absolute atomic E-state index is 0.0299. The van der Waals surface area contributed by atoms with Crippen molar-refractivity contribution in [1.82, 2.24) is 4.90 Å². The van der Waals surface area contributed by atoms with E-state index in [1.165, 1.54) is 38.1 Å². The summed E-state index contributed by atoms with van der Waals surface area (Å²) in [4.78, 5) is 15.0. The van der Waals surface area contributed by atoms with Crippen LogP contribution in [0.3, 0.4) is 0 Å². The highest BCUT2D eigenvalue weighted by Gasteiger charge is 2.35. The van der Waals surface area contributed by atoms with Gasteiger partial charge in [-0.15, -0.1) is 0 Å². The Balaban J connectivity index is 1.56. The fourth-order valence-electron chi connectivity index (χ4n) is 3.87. The minimum atomic E-state index is -0.337. The number of carbonyl (C=O) groups is 1. The molecule has 1 atom stereocenters. The van der Waals surface area contributed by atoms with Gasteiger partial charge in [0.15, 0.2) is 11.5 Å². The van der Waals surface area contributed by atoms with Gasteiger partial charge in [-0.25, -0.2) is 4.39 Å². The predicted octanol–water partition coefficient (Wildman–Crippen LogP) is 4.25. The maximum Gasteiger partial charge on any atom is 0.198 e. The zero-order valence-corrected chi connectivity index (χ0v) is 13.7. The summed E-state index contributed by atoms with van der Waals surface area (Å²) in [6, 6.07) is 4.41. The lowest BCUT2D eigenvalue weighted by Crippen LogP contribution is -2.47. The van der Waals surface area contributed by atoms with Crippen LogP contribution >= 0.6 is 15.9 Å². The third-order valence-corrected chi connectivity index (χ3v) is 5.64. The number of furan rings is 1. The molecule has 0 unspecified atom stereocenters. The number of ketones is 1. The summed E-state index contributed by atoms with van der Waals surface area (Å²) in [7, 11) is 0. The number of benzene rings is 1. The molecule has 22 heavy (non-hydrogen) atoms. The lowest BCUT2D eigenvalue weighted by Gasteiger charge is -2.44. The summed E-state index contributed by atoms with van der Waals surface area (Å²) in [5, 5.41) is 0.629. The second kappa shape index (κ2) is 5.46. The highest BCUT2D eigenvalue weighted by atomic mass is 79.9. The van der Waals surface area contributed by atoms with E-state index in [9.17, 15) is 9.18 Å². The van der Waals surface area contributed by atoms with Gasteiger partial charge in [0.25, 0.3) is 0 Å². The van der Waals surface area contributed by atoms with Crippen molar-refractivity contribution in [2.45, 2.75) is 19.3 Å². The molecule has 0 saturated carbocycles. The Bertz CT molecular complexity index is 734. The molecule has 1 aromatic heterocycles. The third-order valence-electron chi connectivity index (χ3n) is 5.05. The molecule has 0 amide bonds. The molecule has 1 aromatic carbocycles. The number of carbonyl (C=O) groups excluding carboxylic acids is 1. The number of halogens is 2. The van der Waals surface area contributed by atoms with Gasteiger partial charge in [0.1, 0.15) is 11.4 Å². The number of hydrogen-bond donors (Lipinski definition) is 0. The summed E-state index contributed by atoms with van der Waals surface area (Å²) in [5.41, 5.74) is 0.540. The Labute approximate surface area is 136 Å². The van der Waals surface area contributed by atoms with Gasteiger partial charge in [-0.05, 0) is 71.9 Å². The van der Waals surface area contributed by atoms with E-state index < -0.39 is 0 Å². The Morgan fingerprint density at radius 3 is 2.77 bits per heavy atom. The molecule has 5 rings (SSSR count). The first-order valence-electron chi connectivity index (χ1n) is 7.74. The summed E-state index contributed by atoms with van der Waals surface area (Å²) in [6.07, 6.45) is 2.94. The molecule has 0 radical (unpaired) electrons. The van der Waals surface area contributed by atoms with Crippen molar-refractivity contribution >= 4 is 32.7 Å². The Morgan fingerprint density at radius 1 is 1.32 bits per heavy atom. The first-order valence-corrected chi connectivity index (χ1v) is 8.53. The van der Waals surface area contributed by atoms with Crippen LogP contribution < -0.4 is 0 Å². The average molecular weight is 366 g/mol. The fourth-order valence-corrected chi connectivity index (χ4v) is 4.40. The van der Waals surface area contributed by atoms with Crippen LogP contribution in [0.15, 0.2) is 27.1 Å². The number of rotatable bonds is 3. The second-order valence-electron chi connectivity index (χ2n) is 6.44. The Hall–Kier alpha value is -1.20. The van der Waals surface area contributed by atoms with Crippen molar-refractivity contribution in [2.24, 2.45) is 11.8 Å². The zero-order chi connectivity index (χ0) is 15.3. The van der Waals surface area contributed by atoms with Crippen LogP contribution in [0, 0.1) is 17.7 Å². The fraction of sp³-hybridized carbons (Fsp3) is 0.471. The molecule has 3 saturated heterocycles. The van der Waals surface area contributed by atoms with Gasteiger partial charge in [0.05, 0.1) is 4.47 Å². The number of nitrogens with zero attached hydrogens (tertiary/aromatic N) is 1. The quantitative estimate of drug-likeness (QED) is 0.762. The Kier molecular flexibility index (Phi) is 3.57. The predicted molar refractivity (Wildman–Crippen MR) is 85.5 cm³/mol. The van der Waals surface area contributed by atoms with Crippen LogP contribution in [0.1, 0.15) is 29.8 Å². The molecule has 0 N–H and O–H groups in total. The second-order valence-corrected chi connectivity index (χ2v) is 7.30. The SMILES string of the molecule is O=C(C[C@H]1CN2CCC1CC2)c1cc2cc(F)cc(Br)c2o1. The first-order chi connectivity index (χ1) is 10.6. The molecular weight excluding hydrogens is 349 g/mol. The van der Waals surface area contributed by atoms with Gasteiger partial charge in [0, 0.05) is 18.4 Å². The molecule has 2 bridgehead atoms. The average Bonchev–Trinajstić information content (AvgIpc) is 2.93. The molecule has 116 valence electrons. The van der Waals surface area contributed by atoms with Gasteiger partial charge in [-0.1, -0.05) is 0 Å². The van der Waals surface area contributed by atoms with Crippen LogP contribution in [0.2, 0.25) is 0 Å². The monoisotopic (exact) mass is 365 g/mol. The normalized spacial score (nSPS) is 27.5. The van der Waals surface area contributed by atoms with E-state index in [-0.39, 0.29) is 11.6 Å². The molecule has 3 aliphatic heterocycles. The number of fused-ring (bicyclic) bond motifs is 4. The van der Waals surface area contributed by atoms with Crippen LogP contribution in [0.25, 0.3) is 11.0 Å². The summed E-state index contributed by atoms with van der Waals surface area (Å²) in [5.74, 6) is 1.14. The molecular formula is C17H17BrFNO2. The van der Waals surface area contributed by atoms with Crippen molar-refractivity contribution in [2.75, 3.05) is 19.6 Å². The minimum Gasteiger partial charge on any atom is -0.452 e. The number of Topliss-reactive ketones (excluding diaryl/α,β-unsaturated/α-hetero) is 1. The van der Waals surface area contributed by atoms with E-state index >= 15 is 0 Å². The molecule has 5 heteroatoms. The maximum atomic E-state index is 13.4. The number of piperidine rings is 3. The lowest BCUT2D eigenvalue weighted by atomic mass is 9.76. The van der Waals surface area contributed by atoms with Crippen molar-refractivity contribution in [3.63, 3.8) is 0 Å². The van der Waals surface area contributed by atoms with Gasteiger partial charge in [-0.2, -0.15) is 0 Å². The van der Waals surface area contributed by atoms with Gasteiger partial charge >= 0.3 is 0 Å². The first kappa shape index (κ1) is 14.4. The molecule has 2 aromatic rings. The van der Waals surface area contributed by atoms with Crippen molar-refractivity contribution in [1.29, 1.82) is 0 Å². The molecule has 3 fully saturated rings. The van der Waals surface area contributed by atoms with Gasteiger partial charge < -0.3 is 9.32 Å². The van der Waals surface area contributed by atoms with E-state index in [0.29, 0.717) is 39.5 Å². The number of hydrogen-bond acceptors (Lipinski definition) is 3. The molecule has 0 spiro atoms. The molecule has 3 nitrogen and oxygen atoms in total. The smallest absolute Gasteiger partial charge is 0.198 e. The lowest BCUT2D eigenvalue weighted by molar-refractivity contribution is 0.0433. The van der Waals surface area contributed by atoms with Crippen LogP contribution in [0.4, 0.5) is 4.39 Å². The van der Waals surface area contributed by atoms with Gasteiger partial charge in [-0.3, -0.25) is 4.79 Å².